The molecular formula is C30H26Cl2F3N7O4. The third-order valence-electron chi connectivity index (χ3n) is 6.68. The van der Waals surface area contributed by atoms with Crippen LogP contribution in [0.15, 0.2) is 72.8 Å². The van der Waals surface area contributed by atoms with E-state index in [-0.39, 0.29) is 41.1 Å². The SMILES string of the molecule is O=C(NCCc1cccc(Cl)c1)c1ccc(N2CCN(C(=O)c3ccccc3C(F)(F)F)CC2)nn1.O=C(O)c1ccc(Cl)nn1. The maximum atomic E-state index is 13.3. The van der Waals surface area contributed by atoms with Gasteiger partial charge >= 0.3 is 12.1 Å². The first-order valence-electron chi connectivity index (χ1n) is 13.7. The number of benzene rings is 2. The summed E-state index contributed by atoms with van der Waals surface area (Å²) in [5.41, 5.74) is -0.232. The summed E-state index contributed by atoms with van der Waals surface area (Å²) in [6.45, 7) is 1.63. The lowest BCUT2D eigenvalue weighted by Crippen LogP contribution is -2.49. The molecule has 0 saturated carbocycles. The molecule has 0 bridgehead atoms. The van der Waals surface area contributed by atoms with E-state index in [9.17, 15) is 27.6 Å². The van der Waals surface area contributed by atoms with Gasteiger partial charge in [0, 0.05) is 37.7 Å². The van der Waals surface area contributed by atoms with Crippen LogP contribution in [-0.4, -0.2) is 80.9 Å². The van der Waals surface area contributed by atoms with Crippen LogP contribution in [0.2, 0.25) is 10.2 Å². The second-order valence-electron chi connectivity index (χ2n) is 9.78. The zero-order valence-corrected chi connectivity index (χ0v) is 25.4. The average molecular weight is 676 g/mol. The number of nitrogens with one attached hydrogen (secondary N) is 1. The van der Waals surface area contributed by atoms with E-state index in [4.69, 9.17) is 28.3 Å². The monoisotopic (exact) mass is 675 g/mol. The predicted molar refractivity (Wildman–Crippen MR) is 163 cm³/mol. The molecule has 2 N–H and O–H groups in total. The fraction of sp³-hybridized carbons (Fsp3) is 0.233. The Morgan fingerprint density at radius 1 is 0.826 bits per heavy atom. The number of amides is 2. The molecule has 46 heavy (non-hydrogen) atoms. The van der Waals surface area contributed by atoms with Crippen molar-refractivity contribution in [3.8, 4) is 0 Å². The molecule has 2 aromatic heterocycles. The van der Waals surface area contributed by atoms with Crippen LogP contribution in [-0.2, 0) is 12.6 Å². The molecule has 16 heteroatoms. The molecule has 1 fully saturated rings. The normalized spacial score (nSPS) is 13.0. The summed E-state index contributed by atoms with van der Waals surface area (Å²) in [6.07, 6.45) is -3.98. The molecule has 5 rings (SSSR count). The molecule has 3 heterocycles. The number of rotatable bonds is 7. The second kappa shape index (κ2) is 15.5. The lowest BCUT2D eigenvalue weighted by Gasteiger charge is -2.35. The molecule has 2 amide bonds. The standard InChI is InChI=1S/C25H23ClF3N5O2.C5H3ClN2O2/c26-18-5-3-4-17(16-18)10-11-30-23(35)21-8-9-22(32-31-21)33-12-14-34(15-13-33)24(36)19-6-1-2-7-20(19)25(27,28)29;6-4-2-1-3(5(9)10)7-8-4/h1-9,16H,10-15H2,(H,30,35);1-2H,(H,9,10). The van der Waals surface area contributed by atoms with E-state index < -0.39 is 23.6 Å². The van der Waals surface area contributed by atoms with Gasteiger partial charge in [-0.3, -0.25) is 9.59 Å². The van der Waals surface area contributed by atoms with Gasteiger partial charge in [0.25, 0.3) is 11.8 Å². The Morgan fingerprint density at radius 2 is 1.52 bits per heavy atom. The lowest BCUT2D eigenvalue weighted by molar-refractivity contribution is -0.138. The van der Waals surface area contributed by atoms with Crippen molar-refractivity contribution >= 4 is 46.8 Å². The molecule has 0 atom stereocenters. The molecule has 1 aliphatic rings. The number of piperazine rings is 1. The van der Waals surface area contributed by atoms with E-state index in [0.29, 0.717) is 36.9 Å². The highest BCUT2D eigenvalue weighted by Gasteiger charge is 2.36. The summed E-state index contributed by atoms with van der Waals surface area (Å²) in [5.74, 6) is -1.59. The highest BCUT2D eigenvalue weighted by Crippen LogP contribution is 2.32. The Balaban J connectivity index is 0.000000409. The zero-order chi connectivity index (χ0) is 33.3. The molecule has 11 nitrogen and oxygen atoms in total. The number of carbonyl (C=O) groups excluding carboxylic acids is 2. The largest absolute Gasteiger partial charge is 0.476 e. The van der Waals surface area contributed by atoms with Crippen LogP contribution in [0, 0.1) is 0 Å². The molecule has 0 unspecified atom stereocenters. The molecule has 0 radical (unpaired) electrons. The number of hydrogen-bond donors (Lipinski definition) is 2. The molecule has 1 saturated heterocycles. The molecule has 240 valence electrons. The van der Waals surface area contributed by atoms with Gasteiger partial charge in [-0.05, 0) is 60.5 Å². The van der Waals surface area contributed by atoms with Crippen LogP contribution < -0.4 is 10.2 Å². The molecule has 2 aromatic carbocycles. The van der Waals surface area contributed by atoms with Crippen LogP contribution >= 0.6 is 23.2 Å². The Hall–Kier alpha value is -4.82. The number of nitrogens with zero attached hydrogens (tertiary/aromatic N) is 6. The van der Waals surface area contributed by atoms with E-state index in [1.807, 2.05) is 23.1 Å². The number of anilines is 1. The number of hydrogen-bond acceptors (Lipinski definition) is 8. The number of carbonyl (C=O) groups is 3. The van der Waals surface area contributed by atoms with Gasteiger partial charge in [-0.1, -0.05) is 47.5 Å². The first kappa shape index (κ1) is 34.1. The maximum absolute atomic E-state index is 13.3. The fourth-order valence-electron chi connectivity index (χ4n) is 4.37. The van der Waals surface area contributed by atoms with Gasteiger partial charge in [-0.2, -0.15) is 13.2 Å². The maximum Gasteiger partial charge on any atom is 0.417 e. The van der Waals surface area contributed by atoms with Crippen LogP contribution in [0.3, 0.4) is 0 Å². The summed E-state index contributed by atoms with van der Waals surface area (Å²) in [7, 11) is 0. The zero-order valence-electron chi connectivity index (χ0n) is 23.9. The topological polar surface area (TPSA) is 142 Å². The quantitative estimate of drug-likeness (QED) is 0.279. The molecule has 4 aromatic rings. The van der Waals surface area contributed by atoms with E-state index in [0.717, 1.165) is 11.6 Å². The van der Waals surface area contributed by atoms with Gasteiger partial charge in [-0.25, -0.2) is 4.79 Å². The highest BCUT2D eigenvalue weighted by atomic mass is 35.5. The number of halogens is 5. The van der Waals surface area contributed by atoms with Crippen LogP contribution in [0.5, 0.6) is 0 Å². The van der Waals surface area contributed by atoms with Gasteiger partial charge < -0.3 is 20.2 Å². The van der Waals surface area contributed by atoms with Crippen molar-refractivity contribution in [2.45, 2.75) is 12.6 Å². The number of aromatic carboxylic acids is 1. The van der Waals surface area contributed by atoms with Crippen LogP contribution in [0.1, 0.15) is 42.5 Å². The van der Waals surface area contributed by atoms with Crippen molar-refractivity contribution in [3.63, 3.8) is 0 Å². The molecule has 0 spiro atoms. The van der Waals surface area contributed by atoms with Gasteiger partial charge in [0.2, 0.25) is 0 Å². The summed E-state index contributed by atoms with van der Waals surface area (Å²) >= 11 is 11.3. The third-order valence-corrected chi connectivity index (χ3v) is 7.11. The Labute approximate surface area is 271 Å². The van der Waals surface area contributed by atoms with Crippen molar-refractivity contribution in [1.82, 2.24) is 30.6 Å². The van der Waals surface area contributed by atoms with Gasteiger partial charge in [-0.15, -0.1) is 20.4 Å². The van der Waals surface area contributed by atoms with Crippen LogP contribution in [0.4, 0.5) is 19.0 Å². The van der Waals surface area contributed by atoms with Crippen LogP contribution in [0.25, 0.3) is 0 Å². The smallest absolute Gasteiger partial charge is 0.417 e. The number of carboxylic acids is 1. The van der Waals surface area contributed by atoms with E-state index in [1.54, 1.807) is 18.2 Å². The van der Waals surface area contributed by atoms with Crippen molar-refractivity contribution in [3.05, 3.63) is 111 Å². The fourth-order valence-corrected chi connectivity index (χ4v) is 4.69. The first-order valence-corrected chi connectivity index (χ1v) is 14.5. The number of alkyl halides is 3. The highest BCUT2D eigenvalue weighted by molar-refractivity contribution is 6.30. The molecular weight excluding hydrogens is 650 g/mol. The van der Waals surface area contributed by atoms with Crippen molar-refractivity contribution in [1.29, 1.82) is 0 Å². The van der Waals surface area contributed by atoms with E-state index in [1.165, 1.54) is 35.2 Å². The van der Waals surface area contributed by atoms with Gasteiger partial charge in [0.05, 0.1) is 11.1 Å². The van der Waals surface area contributed by atoms with Gasteiger partial charge in [0.1, 0.15) is 0 Å². The summed E-state index contributed by atoms with van der Waals surface area (Å²) in [6, 6.07) is 18.1. The minimum Gasteiger partial charge on any atom is -0.476 e. The van der Waals surface area contributed by atoms with Crippen molar-refractivity contribution in [2.75, 3.05) is 37.6 Å². The van der Waals surface area contributed by atoms with Crippen molar-refractivity contribution < 1.29 is 32.7 Å². The first-order chi connectivity index (χ1) is 21.9. The summed E-state index contributed by atoms with van der Waals surface area (Å²) in [5, 5.41) is 26.7. The number of carboxylic acid groups (broad SMARTS) is 1. The van der Waals surface area contributed by atoms with E-state index in [2.05, 4.69) is 25.7 Å². The Morgan fingerprint density at radius 3 is 2.13 bits per heavy atom. The Bertz CT molecular complexity index is 1670. The van der Waals surface area contributed by atoms with E-state index >= 15 is 0 Å². The summed E-state index contributed by atoms with van der Waals surface area (Å²) in [4.78, 5) is 38.5. The second-order valence-corrected chi connectivity index (χ2v) is 10.6. The Kier molecular flexibility index (Phi) is 11.4. The minimum absolute atomic E-state index is 0.107. The summed E-state index contributed by atoms with van der Waals surface area (Å²) < 4.78 is 39.8. The molecule has 0 aliphatic carbocycles. The third kappa shape index (κ3) is 9.34. The van der Waals surface area contributed by atoms with Gasteiger partial charge in [0.15, 0.2) is 22.4 Å². The molecule has 1 aliphatic heterocycles. The lowest BCUT2D eigenvalue weighted by atomic mass is 10.1. The number of aromatic nitrogens is 4. The van der Waals surface area contributed by atoms with Crippen molar-refractivity contribution in [2.24, 2.45) is 0 Å². The minimum atomic E-state index is -4.60. The average Bonchev–Trinajstić information content (AvgIpc) is 3.05. The predicted octanol–water partition coefficient (Wildman–Crippen LogP) is 4.91.